The lowest BCUT2D eigenvalue weighted by molar-refractivity contribution is -0.384. The molecule has 2 heterocycles. The van der Waals surface area contributed by atoms with E-state index in [1.807, 2.05) is 0 Å². The second-order valence-corrected chi connectivity index (χ2v) is 4.49. The molecule has 0 atom stereocenters. The van der Waals surface area contributed by atoms with Crippen molar-refractivity contribution in [2.24, 2.45) is 5.10 Å². The Hall–Kier alpha value is -3.56. The number of nitrogens with one attached hydrogen (secondary N) is 1. The third kappa shape index (κ3) is 2.90. The second kappa shape index (κ2) is 5.67. The van der Waals surface area contributed by atoms with Crippen LogP contribution in [0.25, 0.3) is 11.3 Å². The second-order valence-electron chi connectivity index (χ2n) is 4.49. The Morgan fingerprint density at radius 2 is 2.17 bits per heavy atom. The number of oxazole rings is 1. The molecule has 2 aromatic rings. The molecule has 10 nitrogen and oxygen atoms in total. The molecule has 0 saturated carbocycles. The Morgan fingerprint density at radius 3 is 2.87 bits per heavy atom. The molecule has 10 heteroatoms. The molecule has 3 amide bonds. The van der Waals surface area contributed by atoms with Crippen LogP contribution in [-0.4, -0.2) is 39.6 Å². The van der Waals surface area contributed by atoms with E-state index >= 15 is 0 Å². The first-order valence-electron chi connectivity index (χ1n) is 6.39. The maximum absolute atomic E-state index is 11.3. The molecule has 1 aromatic carbocycles. The molecular formula is C13H9N5O5. The molecule has 0 bridgehead atoms. The van der Waals surface area contributed by atoms with E-state index in [9.17, 15) is 19.7 Å². The van der Waals surface area contributed by atoms with Crippen molar-refractivity contribution in [2.75, 3.05) is 6.54 Å². The summed E-state index contributed by atoms with van der Waals surface area (Å²) in [5, 5.41) is 17.8. The number of carbonyl (C=O) groups is 2. The van der Waals surface area contributed by atoms with E-state index in [2.05, 4.69) is 15.4 Å². The molecule has 1 N–H and O–H groups in total. The molecule has 0 unspecified atom stereocenters. The first-order chi connectivity index (χ1) is 11.0. The molecule has 116 valence electrons. The van der Waals surface area contributed by atoms with Crippen LogP contribution in [0.5, 0.6) is 0 Å². The van der Waals surface area contributed by atoms with Gasteiger partial charge < -0.3 is 4.42 Å². The number of benzene rings is 1. The lowest BCUT2D eigenvalue weighted by Crippen LogP contribution is -2.24. The van der Waals surface area contributed by atoms with E-state index in [-0.39, 0.29) is 29.4 Å². The predicted molar refractivity (Wildman–Crippen MR) is 76.4 cm³/mol. The van der Waals surface area contributed by atoms with Crippen molar-refractivity contribution < 1.29 is 18.9 Å². The van der Waals surface area contributed by atoms with Crippen molar-refractivity contribution in [2.45, 2.75) is 0 Å². The van der Waals surface area contributed by atoms with Gasteiger partial charge in [-0.3, -0.25) is 20.2 Å². The third-order valence-electron chi connectivity index (χ3n) is 2.97. The number of urea groups is 1. The zero-order valence-corrected chi connectivity index (χ0v) is 11.5. The van der Waals surface area contributed by atoms with Gasteiger partial charge in [0.25, 0.3) is 5.69 Å². The molecule has 1 saturated heterocycles. The van der Waals surface area contributed by atoms with Crippen molar-refractivity contribution in [3.63, 3.8) is 0 Å². The van der Waals surface area contributed by atoms with E-state index in [4.69, 9.17) is 4.42 Å². The van der Waals surface area contributed by atoms with Crippen LogP contribution in [0.3, 0.4) is 0 Å². The number of nitro groups is 1. The molecule has 0 spiro atoms. The van der Waals surface area contributed by atoms with Crippen LogP contribution in [0.2, 0.25) is 0 Å². The molecule has 3 rings (SSSR count). The monoisotopic (exact) mass is 315 g/mol. The largest absolute Gasteiger partial charge is 0.435 e. The normalized spacial score (nSPS) is 14.5. The number of hydrogen-bond donors (Lipinski definition) is 1. The molecule has 0 aliphatic carbocycles. The van der Waals surface area contributed by atoms with Gasteiger partial charge in [0.1, 0.15) is 12.8 Å². The first-order valence-corrected chi connectivity index (χ1v) is 6.39. The highest BCUT2D eigenvalue weighted by molar-refractivity contribution is 6.02. The Morgan fingerprint density at radius 1 is 1.39 bits per heavy atom. The lowest BCUT2D eigenvalue weighted by Gasteiger charge is -2.02. The number of aromatic nitrogens is 1. The summed E-state index contributed by atoms with van der Waals surface area (Å²) in [6.45, 7) is -0.187. The molecule has 1 aliphatic rings. The number of hydrazone groups is 1. The van der Waals surface area contributed by atoms with Crippen LogP contribution >= 0.6 is 0 Å². The SMILES string of the molecule is O=C1CN(/N=C/c2ncc(-c3ccccc3[N+](=O)[O-])o2)C(=O)N1. The number of carbonyl (C=O) groups excluding carboxylic acids is 2. The van der Waals surface area contributed by atoms with Crippen molar-refractivity contribution in [1.82, 2.24) is 15.3 Å². The topological polar surface area (TPSA) is 131 Å². The number of rotatable bonds is 4. The van der Waals surface area contributed by atoms with Gasteiger partial charge in [-0.25, -0.2) is 14.8 Å². The van der Waals surface area contributed by atoms with Gasteiger partial charge in [-0.05, 0) is 6.07 Å². The van der Waals surface area contributed by atoms with Gasteiger partial charge >= 0.3 is 6.03 Å². The van der Waals surface area contributed by atoms with Crippen molar-refractivity contribution >= 4 is 23.8 Å². The fourth-order valence-corrected chi connectivity index (χ4v) is 1.96. The molecule has 0 radical (unpaired) electrons. The highest BCUT2D eigenvalue weighted by Gasteiger charge is 2.26. The average molecular weight is 315 g/mol. The average Bonchev–Trinajstić information content (AvgIpc) is 3.11. The van der Waals surface area contributed by atoms with Gasteiger partial charge in [0.05, 0.1) is 16.7 Å². The summed E-state index contributed by atoms with van der Waals surface area (Å²) in [6.07, 6.45) is 2.47. The Kier molecular flexibility index (Phi) is 3.55. The zero-order valence-electron chi connectivity index (χ0n) is 11.5. The highest BCUT2D eigenvalue weighted by Crippen LogP contribution is 2.29. The molecule has 1 fully saturated rings. The van der Waals surface area contributed by atoms with Gasteiger partial charge in [-0.15, -0.1) is 0 Å². The Bertz CT molecular complexity index is 828. The van der Waals surface area contributed by atoms with E-state index in [0.717, 1.165) is 11.2 Å². The Labute approximate surface area is 128 Å². The summed E-state index contributed by atoms with van der Waals surface area (Å²) >= 11 is 0. The summed E-state index contributed by atoms with van der Waals surface area (Å²) < 4.78 is 5.37. The minimum Gasteiger partial charge on any atom is -0.435 e. The molecule has 1 aliphatic heterocycles. The van der Waals surface area contributed by atoms with Gasteiger partial charge in [0.15, 0.2) is 5.76 Å². The van der Waals surface area contributed by atoms with E-state index in [1.54, 1.807) is 12.1 Å². The van der Waals surface area contributed by atoms with Crippen molar-refractivity contribution in [3.8, 4) is 11.3 Å². The fraction of sp³-hybridized carbons (Fsp3) is 0.0769. The first kappa shape index (κ1) is 14.4. The van der Waals surface area contributed by atoms with E-state index in [0.29, 0.717) is 0 Å². The van der Waals surface area contributed by atoms with Crippen molar-refractivity contribution in [3.05, 3.63) is 46.5 Å². The number of imide groups is 1. The minimum atomic E-state index is -0.642. The number of para-hydroxylation sites is 1. The minimum absolute atomic E-state index is 0.0466. The molecular weight excluding hydrogens is 306 g/mol. The summed E-state index contributed by atoms with van der Waals surface area (Å²) in [5.41, 5.74) is 0.162. The summed E-state index contributed by atoms with van der Waals surface area (Å²) in [6, 6.07) is 5.43. The summed E-state index contributed by atoms with van der Waals surface area (Å²) in [4.78, 5) is 36.7. The summed E-state index contributed by atoms with van der Waals surface area (Å²) in [7, 11) is 0. The smallest absolute Gasteiger partial charge is 0.344 e. The summed E-state index contributed by atoms with van der Waals surface area (Å²) in [5.74, 6) is -0.217. The quantitative estimate of drug-likeness (QED) is 0.389. The van der Waals surface area contributed by atoms with Gasteiger partial charge in [-0.2, -0.15) is 5.10 Å². The van der Waals surface area contributed by atoms with Gasteiger partial charge in [0.2, 0.25) is 11.8 Å². The standard InChI is InChI=1S/C13H9N5O5/c19-11-7-17(13(20)16-11)15-6-12-14-5-10(23-12)8-3-1-2-4-9(8)18(21)22/h1-6H,7H2,(H,16,19,20)/b15-6+. The van der Waals surface area contributed by atoms with E-state index in [1.165, 1.54) is 18.3 Å². The predicted octanol–water partition coefficient (Wildman–Crippen LogP) is 1.14. The Balaban J connectivity index is 1.83. The van der Waals surface area contributed by atoms with Crippen LogP contribution in [0.15, 0.2) is 40.0 Å². The van der Waals surface area contributed by atoms with Crippen molar-refractivity contribution in [1.29, 1.82) is 0 Å². The zero-order chi connectivity index (χ0) is 16.4. The molecule has 1 aromatic heterocycles. The molecule has 23 heavy (non-hydrogen) atoms. The van der Waals surface area contributed by atoms with E-state index < -0.39 is 16.9 Å². The number of nitro benzene ring substituents is 1. The van der Waals surface area contributed by atoms with Crippen LogP contribution in [0.4, 0.5) is 10.5 Å². The van der Waals surface area contributed by atoms with Crippen LogP contribution in [0.1, 0.15) is 5.89 Å². The third-order valence-corrected chi connectivity index (χ3v) is 2.97. The number of hydrogen-bond acceptors (Lipinski definition) is 7. The van der Waals surface area contributed by atoms with Crippen LogP contribution in [-0.2, 0) is 4.79 Å². The fourth-order valence-electron chi connectivity index (χ4n) is 1.96. The maximum atomic E-state index is 11.3. The lowest BCUT2D eigenvalue weighted by atomic mass is 10.1. The number of amides is 3. The van der Waals surface area contributed by atoms with Gasteiger partial charge in [0, 0.05) is 6.07 Å². The maximum Gasteiger partial charge on any atom is 0.344 e. The highest BCUT2D eigenvalue weighted by atomic mass is 16.6. The number of nitrogens with zero attached hydrogens (tertiary/aromatic N) is 4. The van der Waals surface area contributed by atoms with Crippen LogP contribution in [0, 0.1) is 10.1 Å². The van der Waals surface area contributed by atoms with Gasteiger partial charge in [-0.1, -0.05) is 12.1 Å². The van der Waals surface area contributed by atoms with Crippen LogP contribution < -0.4 is 5.32 Å².